The van der Waals surface area contributed by atoms with Crippen LogP contribution in [0.5, 0.6) is 5.75 Å². The van der Waals surface area contributed by atoms with Crippen LogP contribution in [0, 0.1) is 11.8 Å². The number of para-hydroxylation sites is 1. The summed E-state index contributed by atoms with van der Waals surface area (Å²) < 4.78 is 11.1. The molecule has 0 bridgehead atoms. The molecule has 0 saturated carbocycles. The van der Waals surface area contributed by atoms with Crippen LogP contribution in [0.4, 0.5) is 0 Å². The molecule has 2 N–H and O–H groups in total. The second-order valence-corrected chi connectivity index (χ2v) is 4.10. The molecule has 2 rings (SSSR count). The van der Waals surface area contributed by atoms with E-state index in [-0.39, 0.29) is 6.79 Å². The van der Waals surface area contributed by atoms with Crippen LogP contribution in [0.3, 0.4) is 0 Å². The topological polar surface area (TPSA) is 44.5 Å². The Hall–Kier alpha value is -2.28. The fourth-order valence-electron chi connectivity index (χ4n) is 1.68. The number of ether oxygens (including phenoxy) is 2. The Morgan fingerprint density at radius 1 is 0.950 bits per heavy atom. The first-order valence-corrected chi connectivity index (χ1v) is 6.42. The lowest BCUT2D eigenvalue weighted by atomic mass is 10.2. The molecule has 0 saturated heterocycles. The molecule has 2 aromatic carbocycles. The van der Waals surface area contributed by atoms with Crippen molar-refractivity contribution in [3.8, 4) is 17.6 Å². The fraction of sp³-hybridized carbons (Fsp3) is 0.176. The van der Waals surface area contributed by atoms with E-state index in [0.717, 1.165) is 11.1 Å². The number of hydrogen-bond donors (Lipinski definition) is 1. The van der Waals surface area contributed by atoms with E-state index in [1.807, 2.05) is 54.6 Å². The Morgan fingerprint density at radius 2 is 1.70 bits per heavy atom. The minimum absolute atomic E-state index is 0.191. The van der Waals surface area contributed by atoms with Crippen LogP contribution in [0.15, 0.2) is 54.6 Å². The normalized spacial score (nSPS) is 9.65. The van der Waals surface area contributed by atoms with Crippen molar-refractivity contribution < 1.29 is 9.47 Å². The predicted octanol–water partition coefficient (Wildman–Crippen LogP) is 2.55. The van der Waals surface area contributed by atoms with Gasteiger partial charge >= 0.3 is 0 Å². The minimum Gasteiger partial charge on any atom is -0.466 e. The average Bonchev–Trinajstić information content (AvgIpc) is 2.51. The first kappa shape index (κ1) is 14.1. The van der Waals surface area contributed by atoms with E-state index in [4.69, 9.17) is 15.2 Å². The molecule has 0 radical (unpaired) electrons. The highest BCUT2D eigenvalue weighted by atomic mass is 16.7. The standard InChI is InChI=1S/C17H17NO2/c18-12-6-10-16-9-4-5-11-17(16)20-14-19-13-15-7-2-1-3-8-15/h1-5,7-9,11H,12-14,18H2. The summed E-state index contributed by atoms with van der Waals surface area (Å²) in [6, 6.07) is 17.6. The van der Waals surface area contributed by atoms with Crippen LogP contribution >= 0.6 is 0 Å². The summed E-state index contributed by atoms with van der Waals surface area (Å²) in [6.07, 6.45) is 0. The average molecular weight is 267 g/mol. The Morgan fingerprint density at radius 3 is 2.50 bits per heavy atom. The zero-order valence-corrected chi connectivity index (χ0v) is 11.2. The second kappa shape index (κ2) is 8.00. The van der Waals surface area contributed by atoms with Gasteiger partial charge in [0.2, 0.25) is 0 Å². The Kier molecular flexibility index (Phi) is 5.66. The van der Waals surface area contributed by atoms with E-state index in [1.54, 1.807) is 0 Å². The summed E-state index contributed by atoms with van der Waals surface area (Å²) in [5.41, 5.74) is 7.31. The van der Waals surface area contributed by atoms with Crippen LogP contribution in [-0.2, 0) is 11.3 Å². The zero-order chi connectivity index (χ0) is 14.0. The van der Waals surface area contributed by atoms with Crippen LogP contribution in [-0.4, -0.2) is 13.3 Å². The molecule has 0 heterocycles. The molecule has 3 nitrogen and oxygen atoms in total. The van der Waals surface area contributed by atoms with Crippen molar-refractivity contribution >= 4 is 0 Å². The van der Waals surface area contributed by atoms with Gasteiger partial charge in [-0.3, -0.25) is 0 Å². The molecule has 20 heavy (non-hydrogen) atoms. The first-order chi connectivity index (χ1) is 9.90. The molecule has 102 valence electrons. The summed E-state index contributed by atoms with van der Waals surface area (Å²) in [4.78, 5) is 0. The van der Waals surface area contributed by atoms with Crippen molar-refractivity contribution in [1.82, 2.24) is 0 Å². The second-order valence-electron chi connectivity index (χ2n) is 4.10. The van der Waals surface area contributed by atoms with Crippen LogP contribution in [0.25, 0.3) is 0 Å². The van der Waals surface area contributed by atoms with Gasteiger partial charge in [0.15, 0.2) is 6.79 Å². The molecule has 0 unspecified atom stereocenters. The van der Waals surface area contributed by atoms with Gasteiger partial charge in [-0.2, -0.15) is 0 Å². The third kappa shape index (κ3) is 4.43. The zero-order valence-electron chi connectivity index (χ0n) is 11.2. The fourth-order valence-corrected chi connectivity index (χ4v) is 1.68. The van der Waals surface area contributed by atoms with Gasteiger partial charge in [-0.25, -0.2) is 0 Å². The molecule has 0 aromatic heterocycles. The van der Waals surface area contributed by atoms with Crippen LogP contribution in [0.2, 0.25) is 0 Å². The number of hydrogen-bond acceptors (Lipinski definition) is 3. The summed E-state index contributed by atoms with van der Waals surface area (Å²) in [5, 5.41) is 0. The lowest BCUT2D eigenvalue weighted by Crippen LogP contribution is -2.04. The molecule has 0 fully saturated rings. The molecule has 0 atom stereocenters. The van der Waals surface area contributed by atoms with Crippen molar-refractivity contribution in [2.75, 3.05) is 13.3 Å². The summed E-state index contributed by atoms with van der Waals surface area (Å²) >= 11 is 0. The smallest absolute Gasteiger partial charge is 0.189 e. The van der Waals surface area contributed by atoms with E-state index in [1.165, 1.54) is 0 Å². The molecule has 2 aromatic rings. The maximum absolute atomic E-state index is 5.59. The van der Waals surface area contributed by atoms with Gasteiger partial charge < -0.3 is 15.2 Å². The highest BCUT2D eigenvalue weighted by Crippen LogP contribution is 2.16. The Labute approximate surface area is 119 Å². The number of nitrogens with two attached hydrogens (primary N) is 1. The molecule has 0 aliphatic heterocycles. The van der Waals surface area contributed by atoms with Gasteiger partial charge in [0.1, 0.15) is 5.75 Å². The quantitative estimate of drug-likeness (QED) is 0.514. The van der Waals surface area contributed by atoms with Crippen LogP contribution < -0.4 is 10.5 Å². The molecular formula is C17H17NO2. The van der Waals surface area contributed by atoms with Crippen molar-refractivity contribution in [2.45, 2.75) is 6.61 Å². The van der Waals surface area contributed by atoms with Gasteiger partial charge in [0.05, 0.1) is 18.7 Å². The highest BCUT2D eigenvalue weighted by molar-refractivity contribution is 5.45. The lowest BCUT2D eigenvalue weighted by Gasteiger charge is -2.08. The molecule has 0 aliphatic rings. The monoisotopic (exact) mass is 267 g/mol. The molecule has 0 spiro atoms. The van der Waals surface area contributed by atoms with E-state index in [0.29, 0.717) is 18.9 Å². The Bertz CT molecular complexity index is 585. The lowest BCUT2D eigenvalue weighted by molar-refractivity contribution is 0.00490. The largest absolute Gasteiger partial charge is 0.466 e. The van der Waals surface area contributed by atoms with E-state index in [9.17, 15) is 0 Å². The highest BCUT2D eigenvalue weighted by Gasteiger charge is 2.00. The third-order valence-corrected chi connectivity index (χ3v) is 2.62. The van der Waals surface area contributed by atoms with Gasteiger partial charge in [-0.05, 0) is 17.7 Å². The third-order valence-electron chi connectivity index (χ3n) is 2.62. The van der Waals surface area contributed by atoms with Gasteiger partial charge in [-0.15, -0.1) is 0 Å². The molecule has 0 amide bonds. The van der Waals surface area contributed by atoms with Gasteiger partial charge in [0, 0.05) is 0 Å². The van der Waals surface area contributed by atoms with E-state index < -0.39 is 0 Å². The number of benzene rings is 2. The molecule has 3 heteroatoms. The van der Waals surface area contributed by atoms with E-state index >= 15 is 0 Å². The summed E-state index contributed by atoms with van der Waals surface area (Å²) in [7, 11) is 0. The van der Waals surface area contributed by atoms with Crippen molar-refractivity contribution in [2.24, 2.45) is 5.73 Å². The minimum atomic E-state index is 0.191. The SMILES string of the molecule is NCC#Cc1ccccc1OCOCc1ccccc1. The maximum atomic E-state index is 5.59. The van der Waals surface area contributed by atoms with Gasteiger partial charge in [-0.1, -0.05) is 54.3 Å². The van der Waals surface area contributed by atoms with Crippen molar-refractivity contribution in [3.05, 3.63) is 65.7 Å². The van der Waals surface area contributed by atoms with Crippen LogP contribution in [0.1, 0.15) is 11.1 Å². The predicted molar refractivity (Wildman–Crippen MR) is 79.1 cm³/mol. The first-order valence-electron chi connectivity index (χ1n) is 6.42. The van der Waals surface area contributed by atoms with Gasteiger partial charge in [0.25, 0.3) is 0 Å². The Balaban J connectivity index is 1.85. The molecular weight excluding hydrogens is 250 g/mol. The van der Waals surface area contributed by atoms with Crippen molar-refractivity contribution in [1.29, 1.82) is 0 Å². The van der Waals surface area contributed by atoms with Crippen molar-refractivity contribution in [3.63, 3.8) is 0 Å². The van der Waals surface area contributed by atoms with E-state index in [2.05, 4.69) is 11.8 Å². The number of rotatable bonds is 5. The maximum Gasteiger partial charge on any atom is 0.189 e. The summed E-state index contributed by atoms with van der Waals surface area (Å²) in [6.45, 7) is 1.05. The summed E-state index contributed by atoms with van der Waals surface area (Å²) in [5.74, 6) is 6.50. The molecule has 0 aliphatic carbocycles.